The summed E-state index contributed by atoms with van der Waals surface area (Å²) in [6, 6.07) is 5.09. The van der Waals surface area contributed by atoms with Crippen LogP contribution in [0, 0.1) is 16.6 Å². The van der Waals surface area contributed by atoms with E-state index in [4.69, 9.17) is 22.7 Å². The van der Waals surface area contributed by atoms with Crippen LogP contribution in [0.3, 0.4) is 0 Å². The topological polar surface area (TPSA) is 53.1 Å². The van der Waals surface area contributed by atoms with Crippen LogP contribution in [0.15, 0.2) is 18.2 Å². The van der Waals surface area contributed by atoms with Crippen molar-refractivity contribution in [3.05, 3.63) is 34.6 Å². The molecule has 104 valence electrons. The fourth-order valence-electron chi connectivity index (χ4n) is 2.39. The van der Waals surface area contributed by atoms with Crippen molar-refractivity contribution in [2.24, 2.45) is 11.1 Å². The Morgan fingerprint density at radius 3 is 2.68 bits per heavy atom. The Balaban J connectivity index is 2.00. The lowest BCUT2D eigenvalue weighted by Crippen LogP contribution is -2.44. The second-order valence-electron chi connectivity index (χ2n) is 5.46. The Morgan fingerprint density at radius 2 is 2.11 bits per heavy atom. The zero-order chi connectivity index (χ0) is 14.0. The number of halogens is 2. The summed E-state index contributed by atoms with van der Waals surface area (Å²) in [6.45, 7) is 4.22. The van der Waals surface area contributed by atoms with Gasteiger partial charge in [-0.3, -0.25) is 10.3 Å². The van der Waals surface area contributed by atoms with Crippen LogP contribution in [0.1, 0.15) is 25.3 Å². The number of nitrogens with one attached hydrogen (secondary N) is 1. The van der Waals surface area contributed by atoms with Gasteiger partial charge in [0.15, 0.2) is 0 Å². The van der Waals surface area contributed by atoms with Gasteiger partial charge in [-0.2, -0.15) is 0 Å². The first-order valence-electron chi connectivity index (χ1n) is 6.42. The summed E-state index contributed by atoms with van der Waals surface area (Å²) < 4.78 is 13.8. The van der Waals surface area contributed by atoms with Crippen molar-refractivity contribution in [1.82, 2.24) is 4.90 Å². The monoisotopic (exact) mass is 283 g/mol. The molecule has 3 N–H and O–H groups in total. The highest BCUT2D eigenvalue weighted by atomic mass is 35.5. The summed E-state index contributed by atoms with van der Waals surface area (Å²) in [5.74, 6) is -0.0786. The van der Waals surface area contributed by atoms with Crippen molar-refractivity contribution in [2.45, 2.75) is 26.3 Å². The highest BCUT2D eigenvalue weighted by Gasteiger charge is 2.32. The minimum absolute atomic E-state index is 0.170. The van der Waals surface area contributed by atoms with E-state index in [1.54, 1.807) is 18.2 Å². The first-order valence-corrected chi connectivity index (χ1v) is 6.80. The lowest BCUT2D eigenvalue weighted by Gasteiger charge is -2.38. The van der Waals surface area contributed by atoms with Gasteiger partial charge in [0, 0.05) is 17.5 Å². The number of nitrogens with zero attached hydrogens (tertiary/aromatic N) is 1. The third-order valence-electron chi connectivity index (χ3n) is 4.04. The summed E-state index contributed by atoms with van der Waals surface area (Å²) in [4.78, 5) is 2.18. The van der Waals surface area contributed by atoms with Gasteiger partial charge in [0.05, 0.1) is 10.9 Å². The first-order chi connectivity index (χ1) is 8.92. The molecular formula is C14H19ClFN3. The Labute approximate surface area is 118 Å². The molecule has 0 atom stereocenters. The highest BCUT2D eigenvalue weighted by molar-refractivity contribution is 6.30. The molecule has 0 spiro atoms. The van der Waals surface area contributed by atoms with Crippen LogP contribution in [0.25, 0.3) is 0 Å². The minimum atomic E-state index is -0.330. The van der Waals surface area contributed by atoms with Crippen LogP contribution in [-0.4, -0.2) is 23.8 Å². The van der Waals surface area contributed by atoms with E-state index in [-0.39, 0.29) is 22.1 Å². The maximum absolute atomic E-state index is 13.8. The number of hydrogen-bond donors (Lipinski definition) is 2. The standard InChI is InChI=1S/C14H19ClFN3/c1-14(13(17)18)5-7-19(8-6-14)9-10-3-2-4-11(15)12(10)16/h2-4H,5-9H2,1H3,(H3,17,18). The number of benzene rings is 1. The number of hydrogen-bond acceptors (Lipinski definition) is 2. The van der Waals surface area contributed by atoms with E-state index in [2.05, 4.69) is 4.90 Å². The molecule has 0 unspecified atom stereocenters. The molecule has 0 saturated carbocycles. The molecular weight excluding hydrogens is 265 g/mol. The molecule has 0 amide bonds. The third-order valence-corrected chi connectivity index (χ3v) is 4.33. The fraction of sp³-hybridized carbons (Fsp3) is 0.500. The van der Waals surface area contributed by atoms with E-state index in [9.17, 15) is 4.39 Å². The summed E-state index contributed by atoms with van der Waals surface area (Å²) in [5.41, 5.74) is 6.05. The zero-order valence-electron chi connectivity index (χ0n) is 11.0. The smallest absolute Gasteiger partial charge is 0.146 e. The van der Waals surface area contributed by atoms with E-state index in [1.807, 2.05) is 6.92 Å². The van der Waals surface area contributed by atoms with Crippen molar-refractivity contribution in [3.63, 3.8) is 0 Å². The molecule has 1 saturated heterocycles. The maximum Gasteiger partial charge on any atom is 0.146 e. The summed E-state index contributed by atoms with van der Waals surface area (Å²) in [7, 11) is 0. The number of nitrogens with two attached hydrogens (primary N) is 1. The molecule has 0 aromatic heterocycles. The normalized spacial score (nSPS) is 19.3. The molecule has 1 aliphatic rings. The molecule has 19 heavy (non-hydrogen) atoms. The highest BCUT2D eigenvalue weighted by Crippen LogP contribution is 2.31. The molecule has 0 radical (unpaired) electrons. The average Bonchev–Trinajstić information content (AvgIpc) is 2.37. The van der Waals surface area contributed by atoms with Crippen molar-refractivity contribution in [2.75, 3.05) is 13.1 Å². The molecule has 5 heteroatoms. The Morgan fingerprint density at radius 1 is 1.47 bits per heavy atom. The van der Waals surface area contributed by atoms with Crippen LogP contribution >= 0.6 is 11.6 Å². The fourth-order valence-corrected chi connectivity index (χ4v) is 2.58. The zero-order valence-corrected chi connectivity index (χ0v) is 11.8. The van der Waals surface area contributed by atoms with E-state index >= 15 is 0 Å². The summed E-state index contributed by atoms with van der Waals surface area (Å²) >= 11 is 5.78. The van der Waals surface area contributed by atoms with Gasteiger partial charge in [-0.25, -0.2) is 4.39 Å². The second-order valence-corrected chi connectivity index (χ2v) is 5.87. The maximum atomic E-state index is 13.8. The van der Waals surface area contributed by atoms with Crippen molar-refractivity contribution in [1.29, 1.82) is 5.41 Å². The lowest BCUT2D eigenvalue weighted by molar-refractivity contribution is 0.154. The van der Waals surface area contributed by atoms with E-state index in [0.29, 0.717) is 12.1 Å². The summed E-state index contributed by atoms with van der Waals surface area (Å²) in [6.07, 6.45) is 1.68. The SMILES string of the molecule is CC1(C(=N)N)CCN(Cc2cccc(Cl)c2F)CC1. The largest absolute Gasteiger partial charge is 0.387 e. The van der Waals surface area contributed by atoms with Crippen LogP contribution in [-0.2, 0) is 6.54 Å². The van der Waals surface area contributed by atoms with E-state index in [0.717, 1.165) is 25.9 Å². The van der Waals surface area contributed by atoms with Crippen LogP contribution in [0.4, 0.5) is 4.39 Å². The third kappa shape index (κ3) is 3.07. The molecule has 3 nitrogen and oxygen atoms in total. The van der Waals surface area contributed by atoms with Crippen LogP contribution < -0.4 is 5.73 Å². The van der Waals surface area contributed by atoms with E-state index < -0.39 is 0 Å². The molecule has 1 heterocycles. The van der Waals surface area contributed by atoms with Gasteiger partial charge in [-0.05, 0) is 32.0 Å². The molecule has 2 rings (SSSR count). The van der Waals surface area contributed by atoms with Crippen molar-refractivity contribution >= 4 is 17.4 Å². The average molecular weight is 284 g/mol. The quantitative estimate of drug-likeness (QED) is 0.662. The van der Waals surface area contributed by atoms with E-state index in [1.165, 1.54) is 0 Å². The Hall–Kier alpha value is -1.13. The van der Waals surface area contributed by atoms with Crippen LogP contribution in [0.2, 0.25) is 5.02 Å². The predicted molar refractivity (Wildman–Crippen MR) is 75.9 cm³/mol. The number of likely N-dealkylation sites (tertiary alicyclic amines) is 1. The minimum Gasteiger partial charge on any atom is -0.387 e. The molecule has 1 aromatic rings. The van der Waals surface area contributed by atoms with Crippen LogP contribution in [0.5, 0.6) is 0 Å². The first kappa shape index (κ1) is 14.3. The Bertz CT molecular complexity index is 482. The van der Waals surface area contributed by atoms with Gasteiger partial charge in [0.1, 0.15) is 5.82 Å². The van der Waals surface area contributed by atoms with Gasteiger partial charge < -0.3 is 5.73 Å². The van der Waals surface area contributed by atoms with Gasteiger partial charge in [-0.15, -0.1) is 0 Å². The molecule has 1 aromatic carbocycles. The van der Waals surface area contributed by atoms with Gasteiger partial charge in [-0.1, -0.05) is 30.7 Å². The molecule has 0 aliphatic carbocycles. The van der Waals surface area contributed by atoms with Gasteiger partial charge in [0.25, 0.3) is 0 Å². The number of piperidine rings is 1. The molecule has 1 fully saturated rings. The number of rotatable bonds is 3. The second kappa shape index (κ2) is 5.47. The number of amidine groups is 1. The van der Waals surface area contributed by atoms with Gasteiger partial charge >= 0.3 is 0 Å². The predicted octanol–water partition coefficient (Wildman–Crippen LogP) is 3.02. The van der Waals surface area contributed by atoms with Gasteiger partial charge in [0.2, 0.25) is 0 Å². The lowest BCUT2D eigenvalue weighted by atomic mass is 9.79. The van der Waals surface area contributed by atoms with Crippen molar-refractivity contribution in [3.8, 4) is 0 Å². The Kier molecular flexibility index (Phi) is 4.11. The molecule has 0 bridgehead atoms. The van der Waals surface area contributed by atoms with Crippen molar-refractivity contribution < 1.29 is 4.39 Å². The molecule has 1 aliphatic heterocycles. The summed E-state index contributed by atoms with van der Waals surface area (Å²) in [5, 5.41) is 7.79.